The molecule has 0 radical (unpaired) electrons. The number of anilines is 2. The first-order valence-corrected chi connectivity index (χ1v) is 13.1. The van der Waals surface area contributed by atoms with Crippen molar-refractivity contribution in [2.75, 3.05) is 28.8 Å². The molecule has 178 valence electrons. The number of sulfonamides is 1. The average Bonchev–Trinajstić information content (AvgIpc) is 3.37. The van der Waals surface area contributed by atoms with E-state index < -0.39 is 15.9 Å². The van der Waals surface area contributed by atoms with E-state index >= 15 is 0 Å². The minimum Gasteiger partial charge on any atom is -0.372 e. The van der Waals surface area contributed by atoms with E-state index in [1.54, 1.807) is 36.4 Å². The molecule has 1 fully saturated rings. The fourth-order valence-electron chi connectivity index (χ4n) is 3.98. The van der Waals surface area contributed by atoms with Gasteiger partial charge in [-0.2, -0.15) is 0 Å². The molecule has 0 atom stereocenters. The molecular formula is C26H28ClN3O3S. The molecule has 1 amide bonds. The fraction of sp³-hybridized carbons (Fsp3) is 0.269. The van der Waals surface area contributed by atoms with Crippen LogP contribution >= 0.6 is 11.6 Å². The van der Waals surface area contributed by atoms with Gasteiger partial charge in [0.25, 0.3) is 10.0 Å². The summed E-state index contributed by atoms with van der Waals surface area (Å²) in [7, 11) is -4.00. The molecule has 1 aliphatic heterocycles. The number of carbonyl (C=O) groups is 1. The molecule has 0 aromatic heterocycles. The highest BCUT2D eigenvalue weighted by Crippen LogP contribution is 2.30. The first kappa shape index (κ1) is 24.1. The number of nitrogens with one attached hydrogen (secondary N) is 1. The third kappa shape index (κ3) is 5.54. The lowest BCUT2D eigenvalue weighted by molar-refractivity contribution is -0.119. The van der Waals surface area contributed by atoms with Crippen LogP contribution in [0.5, 0.6) is 0 Å². The molecule has 1 saturated heterocycles. The van der Waals surface area contributed by atoms with E-state index in [0.717, 1.165) is 28.5 Å². The Morgan fingerprint density at radius 2 is 1.62 bits per heavy atom. The Hall–Kier alpha value is -3.03. The van der Waals surface area contributed by atoms with Crippen LogP contribution in [0.3, 0.4) is 0 Å². The molecule has 8 heteroatoms. The lowest BCUT2D eigenvalue weighted by Crippen LogP contribution is -2.40. The smallest absolute Gasteiger partial charge is 0.264 e. The summed E-state index contributed by atoms with van der Waals surface area (Å²) in [6.45, 7) is 3.95. The third-order valence-electron chi connectivity index (χ3n) is 5.91. The van der Waals surface area contributed by atoms with Crippen LogP contribution in [-0.2, 0) is 21.4 Å². The van der Waals surface area contributed by atoms with Gasteiger partial charge in [0.05, 0.1) is 15.6 Å². The fourth-order valence-corrected chi connectivity index (χ4v) is 5.71. The van der Waals surface area contributed by atoms with E-state index in [2.05, 4.69) is 22.3 Å². The summed E-state index contributed by atoms with van der Waals surface area (Å²) < 4.78 is 28.0. The highest BCUT2D eigenvalue weighted by Gasteiger charge is 2.28. The minimum atomic E-state index is -4.00. The lowest BCUT2D eigenvalue weighted by Gasteiger charge is -2.25. The van der Waals surface area contributed by atoms with Gasteiger partial charge in [0.1, 0.15) is 6.54 Å². The van der Waals surface area contributed by atoms with Crippen LogP contribution in [0.1, 0.15) is 24.0 Å². The van der Waals surface area contributed by atoms with Gasteiger partial charge in [-0.15, -0.1) is 0 Å². The van der Waals surface area contributed by atoms with E-state index in [9.17, 15) is 13.2 Å². The number of hydrogen-bond acceptors (Lipinski definition) is 4. The summed E-state index contributed by atoms with van der Waals surface area (Å²) in [5, 5.41) is 3.09. The Labute approximate surface area is 206 Å². The molecule has 4 rings (SSSR count). The number of hydrogen-bond donors (Lipinski definition) is 1. The largest absolute Gasteiger partial charge is 0.372 e. The van der Waals surface area contributed by atoms with Crippen molar-refractivity contribution in [1.29, 1.82) is 0 Å². The zero-order chi connectivity index (χ0) is 24.1. The van der Waals surface area contributed by atoms with Crippen molar-refractivity contribution in [3.63, 3.8) is 0 Å². The van der Waals surface area contributed by atoms with Crippen molar-refractivity contribution in [3.05, 3.63) is 88.9 Å². The van der Waals surface area contributed by atoms with Crippen LogP contribution in [0, 0.1) is 6.92 Å². The molecule has 0 spiro atoms. The number of benzene rings is 3. The molecule has 6 nitrogen and oxygen atoms in total. The number of carbonyl (C=O) groups excluding carboxylic acids is 1. The molecule has 3 aromatic carbocycles. The summed E-state index contributed by atoms with van der Waals surface area (Å²) >= 11 is 6.32. The summed E-state index contributed by atoms with van der Waals surface area (Å²) in [5.41, 5.74) is 3.33. The average molecular weight is 498 g/mol. The summed E-state index contributed by atoms with van der Waals surface area (Å²) in [6, 6.07) is 21.2. The zero-order valence-corrected chi connectivity index (χ0v) is 20.6. The first-order chi connectivity index (χ1) is 16.3. The van der Waals surface area contributed by atoms with Crippen molar-refractivity contribution in [3.8, 4) is 0 Å². The van der Waals surface area contributed by atoms with E-state index in [-0.39, 0.29) is 22.2 Å². The minimum absolute atomic E-state index is 0.100. The molecule has 3 aromatic rings. The van der Waals surface area contributed by atoms with E-state index in [4.69, 9.17) is 11.6 Å². The number of nitrogens with zero attached hydrogens (tertiary/aromatic N) is 2. The van der Waals surface area contributed by atoms with Gasteiger partial charge in [-0.1, -0.05) is 53.6 Å². The molecule has 0 unspecified atom stereocenters. The Morgan fingerprint density at radius 3 is 2.26 bits per heavy atom. The zero-order valence-electron chi connectivity index (χ0n) is 19.1. The number of amides is 1. The first-order valence-electron chi connectivity index (χ1n) is 11.3. The molecule has 0 bridgehead atoms. The second-order valence-corrected chi connectivity index (χ2v) is 10.7. The molecule has 1 aliphatic rings. The van der Waals surface area contributed by atoms with E-state index in [0.29, 0.717) is 6.54 Å². The van der Waals surface area contributed by atoms with Gasteiger partial charge in [-0.05, 0) is 61.7 Å². The van der Waals surface area contributed by atoms with Crippen molar-refractivity contribution >= 4 is 38.9 Å². The van der Waals surface area contributed by atoms with Gasteiger partial charge < -0.3 is 10.2 Å². The standard InChI is InChI=1S/C26H28ClN3O3S/c1-20-8-14-23(15-9-20)34(32,33)30(25-7-3-2-6-24(25)27)19-26(31)28-18-21-10-12-22(13-11-21)29-16-4-5-17-29/h2-3,6-15H,4-5,16-19H2,1H3,(H,28,31). The Morgan fingerprint density at radius 1 is 0.971 bits per heavy atom. The highest BCUT2D eigenvalue weighted by atomic mass is 35.5. The van der Waals surface area contributed by atoms with Crippen LogP contribution in [0.15, 0.2) is 77.7 Å². The number of halogens is 1. The Bertz CT molecular complexity index is 1240. The molecule has 34 heavy (non-hydrogen) atoms. The summed E-state index contributed by atoms with van der Waals surface area (Å²) in [6.07, 6.45) is 2.43. The number of para-hydroxylation sites is 1. The lowest BCUT2D eigenvalue weighted by atomic mass is 10.2. The van der Waals surface area contributed by atoms with Gasteiger partial charge in [-0.25, -0.2) is 8.42 Å². The normalized spacial score (nSPS) is 13.6. The van der Waals surface area contributed by atoms with Crippen molar-refractivity contribution in [2.24, 2.45) is 0 Å². The van der Waals surface area contributed by atoms with Crippen LogP contribution in [0.4, 0.5) is 11.4 Å². The van der Waals surface area contributed by atoms with Crippen molar-refractivity contribution < 1.29 is 13.2 Å². The second-order valence-electron chi connectivity index (χ2n) is 8.41. The molecule has 1 N–H and O–H groups in total. The highest BCUT2D eigenvalue weighted by molar-refractivity contribution is 7.92. The van der Waals surface area contributed by atoms with Gasteiger partial charge in [-0.3, -0.25) is 9.10 Å². The predicted molar refractivity (Wildman–Crippen MR) is 137 cm³/mol. The molecular weight excluding hydrogens is 470 g/mol. The van der Waals surface area contributed by atoms with Crippen molar-refractivity contribution in [2.45, 2.75) is 31.2 Å². The SMILES string of the molecule is Cc1ccc(S(=O)(=O)N(CC(=O)NCc2ccc(N3CCCC3)cc2)c2ccccc2Cl)cc1. The summed E-state index contributed by atoms with van der Waals surface area (Å²) in [4.78, 5) is 15.3. The number of rotatable bonds is 8. The quantitative estimate of drug-likeness (QED) is 0.487. The Balaban J connectivity index is 1.49. The molecule has 1 heterocycles. The molecule has 0 aliphatic carbocycles. The second kappa shape index (κ2) is 10.5. The van der Waals surface area contributed by atoms with Gasteiger partial charge >= 0.3 is 0 Å². The predicted octanol–water partition coefficient (Wildman–Crippen LogP) is 4.76. The van der Waals surface area contributed by atoms with E-state index in [1.807, 2.05) is 19.1 Å². The maximum Gasteiger partial charge on any atom is 0.264 e. The molecule has 0 saturated carbocycles. The third-order valence-corrected chi connectivity index (χ3v) is 8.01. The maximum atomic E-state index is 13.5. The van der Waals surface area contributed by atoms with Crippen molar-refractivity contribution in [1.82, 2.24) is 5.32 Å². The Kier molecular flexibility index (Phi) is 7.44. The van der Waals surface area contributed by atoms with Crippen LogP contribution < -0.4 is 14.5 Å². The van der Waals surface area contributed by atoms with Gasteiger partial charge in [0, 0.05) is 25.3 Å². The topological polar surface area (TPSA) is 69.7 Å². The van der Waals surface area contributed by atoms with Crippen LogP contribution in [0.2, 0.25) is 5.02 Å². The number of aryl methyl sites for hydroxylation is 1. The van der Waals surface area contributed by atoms with E-state index in [1.165, 1.54) is 30.7 Å². The monoisotopic (exact) mass is 497 g/mol. The summed E-state index contributed by atoms with van der Waals surface area (Å²) in [5.74, 6) is -0.417. The van der Waals surface area contributed by atoms with Gasteiger partial charge in [0.15, 0.2) is 0 Å². The maximum absolute atomic E-state index is 13.5. The van der Waals surface area contributed by atoms with Gasteiger partial charge in [0.2, 0.25) is 5.91 Å². The van der Waals surface area contributed by atoms with Crippen LogP contribution in [-0.4, -0.2) is 34.0 Å². The van der Waals surface area contributed by atoms with Crippen LogP contribution in [0.25, 0.3) is 0 Å².